The summed E-state index contributed by atoms with van der Waals surface area (Å²) in [5.41, 5.74) is 0.710. The summed E-state index contributed by atoms with van der Waals surface area (Å²) in [7, 11) is 1.45. The predicted molar refractivity (Wildman–Crippen MR) is 79.2 cm³/mol. The van der Waals surface area contributed by atoms with E-state index in [0.29, 0.717) is 25.4 Å². The number of hydrogen-bond acceptors (Lipinski definition) is 3. The van der Waals surface area contributed by atoms with Crippen molar-refractivity contribution in [1.29, 1.82) is 0 Å². The highest BCUT2D eigenvalue weighted by molar-refractivity contribution is 5.34. The van der Waals surface area contributed by atoms with Crippen molar-refractivity contribution in [2.24, 2.45) is 0 Å². The highest BCUT2D eigenvalue weighted by Gasteiger charge is 2.08. The van der Waals surface area contributed by atoms with Crippen molar-refractivity contribution in [3.63, 3.8) is 0 Å². The van der Waals surface area contributed by atoms with Gasteiger partial charge in [-0.2, -0.15) is 0 Å². The number of halogens is 1. The summed E-state index contributed by atoms with van der Waals surface area (Å²) < 4.78 is 29.6. The van der Waals surface area contributed by atoms with Gasteiger partial charge in [0.2, 0.25) is 0 Å². The highest BCUT2D eigenvalue weighted by atomic mass is 19.1. The van der Waals surface area contributed by atoms with Gasteiger partial charge < -0.3 is 14.2 Å². The molecule has 0 N–H and O–H groups in total. The molecule has 0 aromatic heterocycles. The number of hydrogen-bond donors (Lipinski definition) is 0. The maximum atomic E-state index is 13.5. The van der Waals surface area contributed by atoms with Gasteiger partial charge >= 0.3 is 0 Å². The third-order valence-electron chi connectivity index (χ3n) is 2.96. The first-order valence-corrected chi connectivity index (χ1v) is 6.88. The molecule has 0 bridgehead atoms. The lowest BCUT2D eigenvalue weighted by molar-refractivity contribution is 0.105. The van der Waals surface area contributed by atoms with Gasteiger partial charge in [0.1, 0.15) is 5.75 Å². The van der Waals surface area contributed by atoms with E-state index in [0.717, 1.165) is 12.2 Å². The van der Waals surface area contributed by atoms with Crippen molar-refractivity contribution < 1.29 is 18.6 Å². The van der Waals surface area contributed by atoms with E-state index in [9.17, 15) is 4.39 Å². The first-order chi connectivity index (χ1) is 10.3. The Bertz CT molecular complexity index is 543. The molecule has 4 heteroatoms. The second kappa shape index (κ2) is 8.27. The molecule has 0 heterocycles. The summed E-state index contributed by atoms with van der Waals surface area (Å²) in [6, 6.07) is 14.5. The smallest absolute Gasteiger partial charge is 0.165 e. The molecule has 0 spiro atoms. The third kappa shape index (κ3) is 4.76. The van der Waals surface area contributed by atoms with Gasteiger partial charge in [-0.25, -0.2) is 4.39 Å². The molecule has 2 aromatic rings. The average Bonchev–Trinajstić information content (AvgIpc) is 2.52. The summed E-state index contributed by atoms with van der Waals surface area (Å²) in [6.07, 6.45) is 0.770. The van der Waals surface area contributed by atoms with Crippen LogP contribution in [0.15, 0.2) is 48.5 Å². The molecule has 0 radical (unpaired) electrons. The molecule has 3 nitrogen and oxygen atoms in total. The van der Waals surface area contributed by atoms with E-state index in [4.69, 9.17) is 14.2 Å². The zero-order valence-corrected chi connectivity index (χ0v) is 12.0. The topological polar surface area (TPSA) is 27.7 Å². The normalized spacial score (nSPS) is 10.4. The van der Waals surface area contributed by atoms with Gasteiger partial charge in [-0.3, -0.25) is 0 Å². The summed E-state index contributed by atoms with van der Waals surface area (Å²) in [5.74, 6) is 0.730. The Labute approximate surface area is 124 Å². The molecule has 2 aromatic carbocycles. The van der Waals surface area contributed by atoms with E-state index in [2.05, 4.69) is 0 Å². The van der Waals surface area contributed by atoms with E-state index in [-0.39, 0.29) is 11.6 Å². The number of rotatable bonds is 8. The maximum absolute atomic E-state index is 13.5. The molecule has 0 amide bonds. The van der Waals surface area contributed by atoms with E-state index in [1.54, 1.807) is 12.1 Å². The van der Waals surface area contributed by atoms with Crippen LogP contribution < -0.4 is 9.47 Å². The Kier molecular flexibility index (Phi) is 6.03. The minimum Gasteiger partial charge on any atom is -0.494 e. The van der Waals surface area contributed by atoms with E-state index < -0.39 is 0 Å². The monoisotopic (exact) mass is 290 g/mol. The molecule has 0 atom stereocenters. The van der Waals surface area contributed by atoms with E-state index in [1.165, 1.54) is 13.2 Å². The molecule has 0 aliphatic heterocycles. The third-order valence-corrected chi connectivity index (χ3v) is 2.96. The fourth-order valence-corrected chi connectivity index (χ4v) is 1.95. The zero-order valence-electron chi connectivity index (χ0n) is 12.0. The average molecular weight is 290 g/mol. The summed E-state index contributed by atoms with van der Waals surface area (Å²) in [5, 5.41) is 0. The van der Waals surface area contributed by atoms with Crippen LogP contribution in [-0.4, -0.2) is 20.3 Å². The van der Waals surface area contributed by atoms with Gasteiger partial charge in [0, 0.05) is 12.0 Å². The van der Waals surface area contributed by atoms with Crippen molar-refractivity contribution in [2.45, 2.75) is 13.0 Å². The van der Waals surface area contributed by atoms with Crippen LogP contribution in [0.4, 0.5) is 4.39 Å². The minimum atomic E-state index is -0.369. The van der Waals surface area contributed by atoms with Crippen LogP contribution in [0, 0.1) is 5.82 Å². The molecular weight excluding hydrogens is 271 g/mol. The van der Waals surface area contributed by atoms with Gasteiger partial charge in [-0.1, -0.05) is 30.3 Å². The van der Waals surface area contributed by atoms with Gasteiger partial charge in [0.05, 0.1) is 26.9 Å². The lowest BCUT2D eigenvalue weighted by Gasteiger charge is -2.10. The molecule has 0 fully saturated rings. The minimum absolute atomic E-state index is 0.248. The lowest BCUT2D eigenvalue weighted by Crippen LogP contribution is -2.04. The van der Waals surface area contributed by atoms with Crippen LogP contribution in [0.2, 0.25) is 0 Å². The number of para-hydroxylation sites is 2. The lowest BCUT2D eigenvalue weighted by atomic mass is 10.2. The molecule has 0 saturated carbocycles. The van der Waals surface area contributed by atoms with Crippen LogP contribution in [0.1, 0.15) is 12.0 Å². The van der Waals surface area contributed by atoms with Crippen molar-refractivity contribution >= 4 is 0 Å². The predicted octanol–water partition coefficient (Wildman–Crippen LogP) is 3.82. The van der Waals surface area contributed by atoms with Gasteiger partial charge in [-0.15, -0.1) is 0 Å². The summed E-state index contributed by atoms with van der Waals surface area (Å²) in [6.45, 7) is 1.46. The van der Waals surface area contributed by atoms with Crippen LogP contribution in [0.5, 0.6) is 11.5 Å². The Balaban J connectivity index is 1.67. The SMILES string of the molecule is COc1c(F)cccc1COCCCOc1ccccc1. The van der Waals surface area contributed by atoms with Crippen LogP contribution in [-0.2, 0) is 11.3 Å². The van der Waals surface area contributed by atoms with Gasteiger partial charge in [-0.05, 0) is 18.2 Å². The summed E-state index contributed by atoms with van der Waals surface area (Å²) >= 11 is 0. The quantitative estimate of drug-likeness (QED) is 0.692. The van der Waals surface area contributed by atoms with Crippen molar-refractivity contribution in [2.75, 3.05) is 20.3 Å². The Hall–Kier alpha value is -2.07. The molecule has 2 rings (SSSR count). The molecule has 0 aliphatic carbocycles. The second-order valence-corrected chi connectivity index (χ2v) is 4.50. The van der Waals surface area contributed by atoms with Crippen LogP contribution in [0.3, 0.4) is 0 Å². The Morgan fingerprint density at radius 1 is 0.952 bits per heavy atom. The fraction of sp³-hybridized carbons (Fsp3) is 0.294. The van der Waals surface area contributed by atoms with Crippen LogP contribution >= 0.6 is 0 Å². The first kappa shape index (κ1) is 15.3. The number of benzene rings is 2. The van der Waals surface area contributed by atoms with Gasteiger partial charge in [0.25, 0.3) is 0 Å². The van der Waals surface area contributed by atoms with E-state index >= 15 is 0 Å². The molecule has 0 unspecified atom stereocenters. The van der Waals surface area contributed by atoms with Crippen molar-refractivity contribution in [1.82, 2.24) is 0 Å². The van der Waals surface area contributed by atoms with Crippen molar-refractivity contribution in [3.05, 3.63) is 59.9 Å². The zero-order chi connectivity index (χ0) is 14.9. The van der Waals surface area contributed by atoms with E-state index in [1.807, 2.05) is 30.3 Å². The summed E-state index contributed by atoms with van der Waals surface area (Å²) in [4.78, 5) is 0. The van der Waals surface area contributed by atoms with Crippen LogP contribution in [0.25, 0.3) is 0 Å². The fourth-order valence-electron chi connectivity index (χ4n) is 1.95. The number of ether oxygens (including phenoxy) is 3. The first-order valence-electron chi connectivity index (χ1n) is 6.88. The molecular formula is C17H19FO3. The molecule has 112 valence electrons. The standard InChI is InChI=1S/C17H19FO3/c1-19-17-14(7-5-10-16(17)18)13-20-11-6-12-21-15-8-3-2-4-9-15/h2-5,7-10H,6,11-13H2,1H3. The Morgan fingerprint density at radius 3 is 2.52 bits per heavy atom. The number of methoxy groups -OCH3 is 1. The van der Waals surface area contributed by atoms with Crippen molar-refractivity contribution in [3.8, 4) is 11.5 Å². The second-order valence-electron chi connectivity index (χ2n) is 4.50. The largest absolute Gasteiger partial charge is 0.494 e. The highest BCUT2D eigenvalue weighted by Crippen LogP contribution is 2.22. The Morgan fingerprint density at radius 2 is 1.76 bits per heavy atom. The van der Waals surface area contributed by atoms with Gasteiger partial charge in [0.15, 0.2) is 11.6 Å². The molecule has 21 heavy (non-hydrogen) atoms. The molecule has 0 aliphatic rings. The molecule has 0 saturated heterocycles. The maximum Gasteiger partial charge on any atom is 0.165 e.